The van der Waals surface area contributed by atoms with E-state index < -0.39 is 0 Å². The predicted octanol–water partition coefficient (Wildman–Crippen LogP) is 3.57. The van der Waals surface area contributed by atoms with Crippen LogP contribution in [-0.2, 0) is 0 Å². The maximum absolute atomic E-state index is 3.76. The maximum atomic E-state index is 3.76. The van der Waals surface area contributed by atoms with Crippen LogP contribution in [0, 0.1) is 12.3 Å². The summed E-state index contributed by atoms with van der Waals surface area (Å²) in [6.45, 7) is 10.3. The van der Waals surface area contributed by atoms with Crippen LogP contribution in [0.2, 0.25) is 0 Å². The van der Waals surface area contributed by atoms with Crippen molar-refractivity contribution in [2.75, 3.05) is 0 Å². The van der Waals surface area contributed by atoms with Gasteiger partial charge in [-0.25, -0.2) is 0 Å². The summed E-state index contributed by atoms with van der Waals surface area (Å²) in [4.78, 5) is 0. The Hall–Kier alpha value is 1.73. The highest BCUT2D eigenvalue weighted by Crippen LogP contribution is 2.15. The van der Waals surface area contributed by atoms with Gasteiger partial charge >= 0.3 is 16.0 Å². The van der Waals surface area contributed by atoms with Crippen LogP contribution in [-0.4, -0.2) is 16.0 Å². The van der Waals surface area contributed by atoms with Crippen molar-refractivity contribution in [3.05, 3.63) is 6.92 Å². The number of hydrogen-bond donors (Lipinski definition) is 0. The maximum Gasteiger partial charge on any atom is 0.560 e. The van der Waals surface area contributed by atoms with E-state index in [1.54, 1.807) is 0 Å². The molecule has 9 heavy (non-hydrogen) atoms. The average molecular weight is 269 g/mol. The van der Waals surface area contributed by atoms with Crippen molar-refractivity contribution in [2.24, 2.45) is 5.41 Å². The molecule has 0 saturated heterocycles. The summed E-state index contributed by atoms with van der Waals surface area (Å²) in [5.74, 6) is 0. The molecule has 0 amide bonds. The molecule has 0 spiro atoms. The Kier molecular flexibility index (Phi) is 11.6. The molecule has 1 radical (unpaired) electrons. The van der Waals surface area contributed by atoms with Gasteiger partial charge in [0.1, 0.15) is 0 Å². The van der Waals surface area contributed by atoms with Crippen molar-refractivity contribution in [2.45, 2.75) is 27.2 Å². The van der Waals surface area contributed by atoms with Crippen molar-refractivity contribution < 1.29 is 0 Å². The fourth-order valence-electron chi connectivity index (χ4n) is 0. The lowest BCUT2D eigenvalue weighted by Crippen LogP contribution is -2.00. The Bertz CT molecular complexity index is 49.5. The normalized spacial score (nSPS) is 9.11. The van der Waals surface area contributed by atoms with Crippen LogP contribution < -0.4 is 0 Å². The molecule has 0 nitrogen and oxygen atoms in total. The monoisotopic (exact) mass is 267 g/mol. The quantitative estimate of drug-likeness (QED) is 0.590. The average Bonchev–Trinajstić information content (AvgIpc) is 1.67. The summed E-state index contributed by atoms with van der Waals surface area (Å²) >= 11 is 6.44. The molecule has 53 valence electrons. The summed E-state index contributed by atoms with van der Waals surface area (Å²) in [5, 5.41) is 0. The van der Waals surface area contributed by atoms with E-state index in [1.165, 1.54) is 0 Å². The van der Waals surface area contributed by atoms with E-state index in [0.717, 1.165) is 6.42 Å². The van der Waals surface area contributed by atoms with Crippen molar-refractivity contribution in [3.63, 3.8) is 0 Å². The Balaban J connectivity index is 0. The zero-order valence-corrected chi connectivity index (χ0v) is 11.0. The molecule has 0 aliphatic heterocycles. The molecule has 0 atom stereocenters. The second kappa shape index (κ2) is 7.83. The van der Waals surface area contributed by atoms with Crippen molar-refractivity contribution in [1.29, 1.82) is 0 Å². The van der Waals surface area contributed by atoms with Gasteiger partial charge in [-0.1, -0.05) is 27.7 Å². The van der Waals surface area contributed by atoms with Crippen LogP contribution in [0.1, 0.15) is 27.2 Å². The molecule has 0 aliphatic carbocycles. The van der Waals surface area contributed by atoms with Gasteiger partial charge in [-0.2, -0.15) is 0 Å². The molecule has 0 fully saturated rings. The van der Waals surface area contributed by atoms with E-state index >= 15 is 0 Å². The van der Waals surface area contributed by atoms with Gasteiger partial charge in [0.2, 0.25) is 0 Å². The highest BCUT2D eigenvalue weighted by Gasteiger charge is 2.03. The van der Waals surface area contributed by atoms with E-state index in [9.17, 15) is 0 Å². The molecule has 0 bridgehead atoms. The summed E-state index contributed by atoms with van der Waals surface area (Å²) in [5.41, 5.74) is 0.431. The topological polar surface area (TPSA) is 0 Å². The van der Waals surface area contributed by atoms with E-state index in [0.29, 0.717) is 5.41 Å². The third kappa shape index (κ3) is 26.0. The van der Waals surface area contributed by atoms with E-state index in [1.807, 2.05) is 0 Å². The molecule has 0 aromatic rings. The van der Waals surface area contributed by atoms with Crippen molar-refractivity contribution in [1.82, 2.24) is 0 Å². The number of rotatable bonds is 0. The third-order valence-electron chi connectivity index (χ3n) is 0.750. The van der Waals surface area contributed by atoms with Crippen LogP contribution in [0.3, 0.4) is 0 Å². The lowest BCUT2D eigenvalue weighted by Gasteiger charge is -2.12. The first-order chi connectivity index (χ1) is 3.97. The van der Waals surface area contributed by atoms with Crippen molar-refractivity contribution in [3.8, 4) is 0 Å². The Morgan fingerprint density at radius 3 is 1.44 bits per heavy atom. The zero-order valence-electron chi connectivity index (χ0n) is 6.38. The summed E-state index contributed by atoms with van der Waals surface area (Å²) < 4.78 is 0. The molecular formula is C6H13Br2Mg. The summed E-state index contributed by atoms with van der Waals surface area (Å²) in [7, 11) is 0. The molecule has 0 N–H and O–H groups in total. The molecule has 0 heterocycles. The first-order valence-corrected chi connectivity index (χ1v) is 10.7. The Labute approximate surface area is 80.6 Å². The van der Waals surface area contributed by atoms with Crippen molar-refractivity contribution >= 4 is 41.8 Å². The van der Waals surface area contributed by atoms with Crippen LogP contribution in [0.15, 0.2) is 0 Å². The largest absolute Gasteiger partial charge is 0.560 e. The van der Waals surface area contributed by atoms with Crippen LogP contribution >= 0.6 is 25.8 Å². The molecular weight excluding hydrogens is 256 g/mol. The lowest BCUT2D eigenvalue weighted by atomic mass is 9.94. The molecule has 3 heteroatoms. The van der Waals surface area contributed by atoms with Gasteiger partial charge < -0.3 is 0 Å². The molecule has 0 unspecified atom stereocenters. The second-order valence-corrected chi connectivity index (χ2v) is 11.0. The van der Waals surface area contributed by atoms with Gasteiger partial charge in [0, 0.05) is 0 Å². The zero-order chi connectivity index (χ0) is 7.91. The van der Waals surface area contributed by atoms with E-state index in [4.69, 9.17) is 0 Å². The lowest BCUT2D eigenvalue weighted by molar-refractivity contribution is 0.419. The fraction of sp³-hybridized carbons (Fsp3) is 0.833. The highest BCUT2D eigenvalue weighted by molar-refractivity contribution is 9.47. The Morgan fingerprint density at radius 2 is 1.44 bits per heavy atom. The number of halogens is 2. The Morgan fingerprint density at radius 1 is 1.33 bits per heavy atom. The molecule has 0 aromatic carbocycles. The minimum absolute atomic E-state index is 0.0417. The minimum Gasteiger partial charge on any atom is -0.280 e. The first kappa shape index (κ1) is 13.3. The SMILES string of the molecule is [Br][Mg][Br].[CH2]CC(C)(C)C. The van der Waals surface area contributed by atoms with E-state index in [2.05, 4.69) is 53.5 Å². The van der Waals surface area contributed by atoms with Crippen LogP contribution in [0.5, 0.6) is 0 Å². The third-order valence-corrected chi connectivity index (χ3v) is 0.750. The van der Waals surface area contributed by atoms with Gasteiger partial charge in [-0.15, -0.1) is 0 Å². The molecule has 0 saturated carbocycles. The number of hydrogen-bond acceptors (Lipinski definition) is 0. The van der Waals surface area contributed by atoms with Crippen LogP contribution in [0.4, 0.5) is 0 Å². The van der Waals surface area contributed by atoms with E-state index in [-0.39, 0.29) is 16.0 Å². The molecule has 0 rings (SSSR count). The van der Waals surface area contributed by atoms with Crippen LogP contribution in [0.25, 0.3) is 0 Å². The molecule has 0 aromatic heterocycles. The standard InChI is InChI=1S/C6H13.2BrH.Mg/c1-5-6(2,3)4;;;/h1,5H2,2-4H3;2*1H;/q;;;+2/p-2. The summed E-state index contributed by atoms with van der Waals surface area (Å²) in [6.07, 6.45) is 1.02. The van der Waals surface area contributed by atoms with Gasteiger partial charge in [0.25, 0.3) is 0 Å². The summed E-state index contributed by atoms with van der Waals surface area (Å²) in [6, 6.07) is 0. The highest BCUT2D eigenvalue weighted by atomic mass is 79.9. The fourth-order valence-corrected chi connectivity index (χ4v) is 0. The van der Waals surface area contributed by atoms with Gasteiger partial charge in [0.05, 0.1) is 0 Å². The first-order valence-electron chi connectivity index (χ1n) is 2.89. The second-order valence-electron chi connectivity index (χ2n) is 2.91. The van der Waals surface area contributed by atoms with Gasteiger partial charge in [0.15, 0.2) is 0 Å². The van der Waals surface area contributed by atoms with Gasteiger partial charge in [-0.3, -0.25) is 25.8 Å². The minimum atomic E-state index is 0.0417. The molecule has 0 aliphatic rings. The predicted molar refractivity (Wildman–Crippen MR) is 53.0 cm³/mol. The smallest absolute Gasteiger partial charge is 0.280 e. The van der Waals surface area contributed by atoms with Gasteiger partial charge in [-0.05, 0) is 11.8 Å².